The van der Waals surface area contributed by atoms with Crippen LogP contribution in [0.15, 0.2) is 37.0 Å². The van der Waals surface area contributed by atoms with Crippen molar-refractivity contribution in [2.45, 2.75) is 6.92 Å². The van der Waals surface area contributed by atoms with Crippen molar-refractivity contribution in [1.29, 1.82) is 0 Å². The molecule has 0 bridgehead atoms. The highest BCUT2D eigenvalue weighted by Gasteiger charge is 2.00. The summed E-state index contributed by atoms with van der Waals surface area (Å²) in [5, 5.41) is 2.40. The van der Waals surface area contributed by atoms with Gasteiger partial charge in [-0.1, -0.05) is 36.9 Å². The zero-order chi connectivity index (χ0) is 9.26. The first-order chi connectivity index (χ1) is 6.33. The van der Waals surface area contributed by atoms with Crippen LogP contribution in [0.1, 0.15) is 11.3 Å². The molecule has 0 atom stereocenters. The lowest BCUT2D eigenvalue weighted by Gasteiger charge is -2.04. The van der Waals surface area contributed by atoms with Crippen LogP contribution in [0.25, 0.3) is 16.8 Å². The van der Waals surface area contributed by atoms with Crippen molar-refractivity contribution < 1.29 is 0 Å². The Morgan fingerprint density at radius 1 is 1.31 bits per heavy atom. The van der Waals surface area contributed by atoms with Crippen LogP contribution < -0.4 is 0 Å². The fourth-order valence-electron chi connectivity index (χ4n) is 1.54. The molecular formula is C12H11N. The van der Waals surface area contributed by atoms with Gasteiger partial charge in [0, 0.05) is 22.8 Å². The number of hydrogen-bond acceptors (Lipinski definition) is 1. The smallest absolute Gasteiger partial charge is 0.0451 e. The molecule has 1 nitrogen and oxygen atoms in total. The molecule has 0 N–H and O–H groups in total. The number of fused-ring (bicyclic) bond motifs is 1. The summed E-state index contributed by atoms with van der Waals surface area (Å²) in [6, 6.07) is 8.22. The van der Waals surface area contributed by atoms with Crippen LogP contribution in [0.4, 0.5) is 0 Å². The first-order valence-electron chi connectivity index (χ1n) is 4.29. The third-order valence-electron chi connectivity index (χ3n) is 2.24. The van der Waals surface area contributed by atoms with Gasteiger partial charge < -0.3 is 0 Å². The second kappa shape index (κ2) is 3.02. The van der Waals surface area contributed by atoms with E-state index in [1.165, 1.54) is 10.8 Å². The summed E-state index contributed by atoms with van der Waals surface area (Å²) in [5.74, 6) is 0. The van der Waals surface area contributed by atoms with Crippen molar-refractivity contribution in [3.8, 4) is 0 Å². The van der Waals surface area contributed by atoms with Crippen LogP contribution in [0.5, 0.6) is 0 Å². The van der Waals surface area contributed by atoms with Crippen molar-refractivity contribution in [2.24, 2.45) is 0 Å². The predicted molar refractivity (Wildman–Crippen MR) is 56.6 cm³/mol. The average Bonchev–Trinajstić information content (AvgIpc) is 2.18. The Balaban J connectivity index is 2.91. The molecule has 0 spiro atoms. The van der Waals surface area contributed by atoms with Gasteiger partial charge in [0.1, 0.15) is 0 Å². The van der Waals surface area contributed by atoms with Gasteiger partial charge in [0.2, 0.25) is 0 Å². The fourth-order valence-corrected chi connectivity index (χ4v) is 1.54. The van der Waals surface area contributed by atoms with Gasteiger partial charge in [-0.25, -0.2) is 0 Å². The maximum atomic E-state index is 4.31. The van der Waals surface area contributed by atoms with Crippen LogP contribution in [0.3, 0.4) is 0 Å². The van der Waals surface area contributed by atoms with Gasteiger partial charge in [0.25, 0.3) is 0 Å². The summed E-state index contributed by atoms with van der Waals surface area (Å²) in [6.45, 7) is 5.81. The standard InChI is InChI=1S/C12H11N/c1-3-11-9(2)13-8-10-6-4-5-7-12(10)11/h3-8H,1H2,2H3. The Morgan fingerprint density at radius 2 is 2.08 bits per heavy atom. The van der Waals surface area contributed by atoms with Crippen molar-refractivity contribution in [3.63, 3.8) is 0 Å². The molecule has 0 saturated heterocycles. The number of aryl methyl sites for hydroxylation is 1. The minimum Gasteiger partial charge on any atom is -0.260 e. The Hall–Kier alpha value is -1.63. The van der Waals surface area contributed by atoms with Crippen LogP contribution in [0, 0.1) is 6.92 Å². The highest BCUT2D eigenvalue weighted by atomic mass is 14.7. The molecule has 0 saturated carbocycles. The van der Waals surface area contributed by atoms with E-state index in [4.69, 9.17) is 0 Å². The van der Waals surface area contributed by atoms with Gasteiger partial charge in [0.15, 0.2) is 0 Å². The Labute approximate surface area is 77.7 Å². The molecule has 1 aromatic carbocycles. The van der Waals surface area contributed by atoms with Crippen LogP contribution in [0.2, 0.25) is 0 Å². The summed E-state index contributed by atoms with van der Waals surface area (Å²) in [4.78, 5) is 4.31. The maximum absolute atomic E-state index is 4.31. The third kappa shape index (κ3) is 1.22. The average molecular weight is 169 g/mol. The van der Waals surface area contributed by atoms with Gasteiger partial charge in [-0.3, -0.25) is 4.98 Å². The molecular weight excluding hydrogens is 158 g/mol. The molecule has 0 radical (unpaired) electrons. The highest BCUT2D eigenvalue weighted by Crippen LogP contribution is 2.20. The molecule has 0 fully saturated rings. The van der Waals surface area contributed by atoms with Gasteiger partial charge in [-0.05, 0) is 12.3 Å². The monoisotopic (exact) mass is 169 g/mol. The predicted octanol–water partition coefficient (Wildman–Crippen LogP) is 3.19. The Morgan fingerprint density at radius 3 is 2.85 bits per heavy atom. The van der Waals surface area contributed by atoms with E-state index in [0.29, 0.717) is 0 Å². The summed E-state index contributed by atoms with van der Waals surface area (Å²) >= 11 is 0. The van der Waals surface area contributed by atoms with E-state index in [9.17, 15) is 0 Å². The zero-order valence-electron chi connectivity index (χ0n) is 7.62. The SMILES string of the molecule is C=Cc1c(C)ncc2ccccc12. The molecule has 2 rings (SSSR count). The lowest BCUT2D eigenvalue weighted by Crippen LogP contribution is -1.87. The van der Waals surface area contributed by atoms with Gasteiger partial charge >= 0.3 is 0 Å². The highest BCUT2D eigenvalue weighted by molar-refractivity contribution is 5.90. The van der Waals surface area contributed by atoms with Crippen LogP contribution >= 0.6 is 0 Å². The van der Waals surface area contributed by atoms with Crippen LogP contribution in [-0.2, 0) is 0 Å². The lowest BCUT2D eigenvalue weighted by atomic mass is 10.1. The number of rotatable bonds is 1. The van der Waals surface area contributed by atoms with E-state index < -0.39 is 0 Å². The number of benzene rings is 1. The minimum atomic E-state index is 1.04. The molecule has 2 aromatic rings. The molecule has 0 unspecified atom stereocenters. The normalized spacial score (nSPS) is 10.2. The molecule has 0 aliphatic carbocycles. The van der Waals surface area contributed by atoms with E-state index >= 15 is 0 Å². The number of hydrogen-bond donors (Lipinski definition) is 0. The Bertz CT molecular complexity index is 458. The molecule has 13 heavy (non-hydrogen) atoms. The van der Waals surface area contributed by atoms with E-state index in [1.54, 1.807) is 0 Å². The maximum Gasteiger partial charge on any atom is 0.0451 e. The van der Waals surface area contributed by atoms with Gasteiger partial charge in [0.05, 0.1) is 0 Å². The number of aromatic nitrogens is 1. The zero-order valence-corrected chi connectivity index (χ0v) is 7.62. The minimum absolute atomic E-state index is 1.04. The van der Waals surface area contributed by atoms with E-state index in [0.717, 1.165) is 11.3 Å². The van der Waals surface area contributed by atoms with Crippen LogP contribution in [-0.4, -0.2) is 4.98 Å². The quantitative estimate of drug-likeness (QED) is 0.638. The summed E-state index contributed by atoms with van der Waals surface area (Å²) < 4.78 is 0. The number of nitrogens with zero attached hydrogens (tertiary/aromatic N) is 1. The van der Waals surface area contributed by atoms with Crippen molar-refractivity contribution >= 4 is 16.8 Å². The fraction of sp³-hybridized carbons (Fsp3) is 0.0833. The van der Waals surface area contributed by atoms with E-state index in [1.807, 2.05) is 31.3 Å². The van der Waals surface area contributed by atoms with E-state index in [-0.39, 0.29) is 0 Å². The topological polar surface area (TPSA) is 12.9 Å². The molecule has 1 aromatic heterocycles. The molecule has 1 heterocycles. The summed E-state index contributed by atoms with van der Waals surface area (Å²) in [7, 11) is 0. The molecule has 64 valence electrons. The van der Waals surface area contributed by atoms with E-state index in [2.05, 4.69) is 23.7 Å². The second-order valence-corrected chi connectivity index (χ2v) is 3.05. The molecule has 1 heteroatoms. The summed E-state index contributed by atoms with van der Waals surface area (Å²) in [6.07, 6.45) is 3.77. The lowest BCUT2D eigenvalue weighted by molar-refractivity contribution is 1.21. The largest absolute Gasteiger partial charge is 0.260 e. The summed E-state index contributed by atoms with van der Waals surface area (Å²) in [5.41, 5.74) is 2.17. The third-order valence-corrected chi connectivity index (χ3v) is 2.24. The first kappa shape index (κ1) is 7.99. The first-order valence-corrected chi connectivity index (χ1v) is 4.29. The molecule has 0 amide bonds. The molecule has 0 aliphatic rings. The van der Waals surface area contributed by atoms with Gasteiger partial charge in [-0.15, -0.1) is 0 Å². The molecule has 0 aliphatic heterocycles. The van der Waals surface area contributed by atoms with Crippen molar-refractivity contribution in [2.75, 3.05) is 0 Å². The van der Waals surface area contributed by atoms with Crippen molar-refractivity contribution in [1.82, 2.24) is 4.98 Å². The Kier molecular flexibility index (Phi) is 1.85. The van der Waals surface area contributed by atoms with Gasteiger partial charge in [-0.2, -0.15) is 0 Å². The number of pyridine rings is 1. The second-order valence-electron chi connectivity index (χ2n) is 3.05. The van der Waals surface area contributed by atoms with Crippen molar-refractivity contribution in [3.05, 3.63) is 48.3 Å².